The summed E-state index contributed by atoms with van der Waals surface area (Å²) in [6.07, 6.45) is 1.04. The lowest BCUT2D eigenvalue weighted by Crippen LogP contribution is -2.19. The van der Waals surface area contributed by atoms with Gasteiger partial charge < -0.3 is 9.64 Å². The highest BCUT2D eigenvalue weighted by atomic mass is 35.5. The van der Waals surface area contributed by atoms with Crippen LogP contribution in [0.4, 0.5) is 0 Å². The monoisotopic (exact) mass is 225 g/mol. The van der Waals surface area contributed by atoms with Crippen LogP contribution in [0, 0.1) is 0 Å². The number of ether oxygens (including phenoxy) is 1. The van der Waals surface area contributed by atoms with Gasteiger partial charge in [-0.05, 0) is 24.2 Å². The zero-order valence-electron chi connectivity index (χ0n) is 9.00. The summed E-state index contributed by atoms with van der Waals surface area (Å²) in [6.45, 7) is 2.71. The lowest BCUT2D eigenvalue weighted by Gasteiger charge is -2.15. The molecule has 1 heterocycles. The second kappa shape index (κ2) is 4.86. The van der Waals surface area contributed by atoms with E-state index >= 15 is 0 Å². The molecule has 3 heteroatoms. The van der Waals surface area contributed by atoms with Crippen LogP contribution in [0.15, 0.2) is 18.2 Å². The van der Waals surface area contributed by atoms with Crippen molar-refractivity contribution in [1.82, 2.24) is 4.90 Å². The molecule has 0 aliphatic carbocycles. The zero-order chi connectivity index (χ0) is 10.7. The van der Waals surface area contributed by atoms with Crippen molar-refractivity contribution in [2.45, 2.75) is 13.0 Å². The fourth-order valence-electron chi connectivity index (χ4n) is 1.87. The Morgan fingerprint density at radius 2 is 2.33 bits per heavy atom. The number of hydrogen-bond acceptors (Lipinski definition) is 2. The Balaban J connectivity index is 2.03. The van der Waals surface area contributed by atoms with E-state index in [0.717, 1.165) is 31.9 Å². The Kier molecular flexibility index (Phi) is 3.49. The molecule has 0 bridgehead atoms. The SMILES string of the molecule is CN(CCCl)Cc1ccc2c(c1)CCO2. The molecule has 0 saturated heterocycles. The van der Waals surface area contributed by atoms with E-state index < -0.39 is 0 Å². The van der Waals surface area contributed by atoms with Gasteiger partial charge in [-0.2, -0.15) is 0 Å². The average Bonchev–Trinajstić information content (AvgIpc) is 2.65. The Labute approximate surface area is 95.8 Å². The molecule has 1 aliphatic heterocycles. The van der Waals surface area contributed by atoms with Gasteiger partial charge in [-0.3, -0.25) is 0 Å². The molecule has 82 valence electrons. The second-order valence-corrected chi connectivity index (χ2v) is 4.35. The summed E-state index contributed by atoms with van der Waals surface area (Å²) in [7, 11) is 2.09. The molecule has 1 aliphatic rings. The number of alkyl halides is 1. The van der Waals surface area contributed by atoms with Gasteiger partial charge in [-0.15, -0.1) is 11.6 Å². The van der Waals surface area contributed by atoms with E-state index in [4.69, 9.17) is 16.3 Å². The third kappa shape index (κ3) is 2.64. The van der Waals surface area contributed by atoms with Crippen molar-refractivity contribution < 1.29 is 4.74 Å². The molecule has 0 atom stereocenters. The van der Waals surface area contributed by atoms with Crippen LogP contribution in [0.3, 0.4) is 0 Å². The summed E-state index contributed by atoms with van der Waals surface area (Å²) in [4.78, 5) is 2.23. The van der Waals surface area contributed by atoms with Crippen molar-refractivity contribution in [3.05, 3.63) is 29.3 Å². The average molecular weight is 226 g/mol. The van der Waals surface area contributed by atoms with Gasteiger partial charge in [0.15, 0.2) is 0 Å². The van der Waals surface area contributed by atoms with E-state index in [9.17, 15) is 0 Å². The normalized spacial score (nSPS) is 14.1. The first-order chi connectivity index (χ1) is 7.29. The Morgan fingerprint density at radius 1 is 1.47 bits per heavy atom. The first kappa shape index (κ1) is 10.8. The molecule has 2 nitrogen and oxygen atoms in total. The third-order valence-corrected chi connectivity index (χ3v) is 2.84. The molecule has 15 heavy (non-hydrogen) atoms. The Bertz CT molecular complexity index is 340. The van der Waals surface area contributed by atoms with E-state index in [2.05, 4.69) is 30.1 Å². The highest BCUT2D eigenvalue weighted by Gasteiger charge is 2.12. The number of fused-ring (bicyclic) bond motifs is 1. The molecule has 0 saturated carbocycles. The molecular weight excluding hydrogens is 210 g/mol. The van der Waals surface area contributed by atoms with Crippen LogP contribution >= 0.6 is 11.6 Å². The predicted molar refractivity (Wildman–Crippen MR) is 62.7 cm³/mol. The van der Waals surface area contributed by atoms with E-state index in [1.54, 1.807) is 0 Å². The molecule has 0 unspecified atom stereocenters. The minimum atomic E-state index is 0.685. The van der Waals surface area contributed by atoms with Gasteiger partial charge >= 0.3 is 0 Å². The minimum absolute atomic E-state index is 0.685. The van der Waals surface area contributed by atoms with Crippen LogP contribution in [-0.4, -0.2) is 31.0 Å². The molecule has 0 amide bonds. The van der Waals surface area contributed by atoms with Gasteiger partial charge in [-0.1, -0.05) is 12.1 Å². The highest BCUT2D eigenvalue weighted by molar-refractivity contribution is 6.18. The van der Waals surface area contributed by atoms with E-state index in [-0.39, 0.29) is 0 Å². The summed E-state index contributed by atoms with van der Waals surface area (Å²) in [5.74, 6) is 1.74. The van der Waals surface area contributed by atoms with Crippen LogP contribution in [0.5, 0.6) is 5.75 Å². The maximum Gasteiger partial charge on any atom is 0.122 e. The second-order valence-electron chi connectivity index (χ2n) is 3.97. The molecule has 1 aromatic rings. The predicted octanol–water partition coefficient (Wildman–Crippen LogP) is 2.29. The Hall–Kier alpha value is -0.730. The summed E-state index contributed by atoms with van der Waals surface area (Å²) in [6, 6.07) is 6.45. The van der Waals surface area contributed by atoms with Gasteiger partial charge in [0, 0.05) is 25.4 Å². The van der Waals surface area contributed by atoms with Crippen molar-refractivity contribution in [3.63, 3.8) is 0 Å². The first-order valence-electron chi connectivity index (χ1n) is 5.28. The summed E-state index contributed by atoms with van der Waals surface area (Å²) in [5, 5.41) is 0. The summed E-state index contributed by atoms with van der Waals surface area (Å²) in [5.41, 5.74) is 2.68. The third-order valence-electron chi connectivity index (χ3n) is 2.67. The van der Waals surface area contributed by atoms with Crippen LogP contribution in [0.25, 0.3) is 0 Å². The first-order valence-corrected chi connectivity index (χ1v) is 5.82. The largest absolute Gasteiger partial charge is 0.493 e. The van der Waals surface area contributed by atoms with Crippen LogP contribution < -0.4 is 4.74 Å². The fourth-order valence-corrected chi connectivity index (χ4v) is 2.16. The van der Waals surface area contributed by atoms with Crippen molar-refractivity contribution >= 4 is 11.6 Å². The quantitative estimate of drug-likeness (QED) is 0.730. The molecule has 0 fully saturated rings. The number of halogens is 1. The smallest absolute Gasteiger partial charge is 0.122 e. The van der Waals surface area contributed by atoms with Crippen molar-refractivity contribution in [2.24, 2.45) is 0 Å². The molecule has 0 spiro atoms. The lowest BCUT2D eigenvalue weighted by molar-refractivity contribution is 0.347. The standard InChI is InChI=1S/C12H16ClNO/c1-14(6-5-13)9-10-2-3-12-11(8-10)4-7-15-12/h2-3,8H,4-7,9H2,1H3. The van der Waals surface area contributed by atoms with Gasteiger partial charge in [0.25, 0.3) is 0 Å². The molecule has 0 aromatic heterocycles. The lowest BCUT2D eigenvalue weighted by atomic mass is 10.1. The Morgan fingerprint density at radius 3 is 3.13 bits per heavy atom. The number of hydrogen-bond donors (Lipinski definition) is 0. The molecule has 0 radical (unpaired) electrons. The van der Waals surface area contributed by atoms with Gasteiger partial charge in [0.1, 0.15) is 5.75 Å². The van der Waals surface area contributed by atoms with Crippen molar-refractivity contribution in [1.29, 1.82) is 0 Å². The maximum atomic E-state index is 5.69. The van der Waals surface area contributed by atoms with Gasteiger partial charge in [0.2, 0.25) is 0 Å². The fraction of sp³-hybridized carbons (Fsp3) is 0.500. The minimum Gasteiger partial charge on any atom is -0.493 e. The topological polar surface area (TPSA) is 12.5 Å². The summed E-state index contributed by atoms with van der Waals surface area (Å²) >= 11 is 5.69. The van der Waals surface area contributed by atoms with Crippen molar-refractivity contribution in [3.8, 4) is 5.75 Å². The zero-order valence-corrected chi connectivity index (χ0v) is 9.76. The van der Waals surface area contributed by atoms with Crippen LogP contribution in [0.2, 0.25) is 0 Å². The number of rotatable bonds is 4. The maximum absolute atomic E-state index is 5.69. The number of nitrogens with zero attached hydrogens (tertiary/aromatic N) is 1. The van der Waals surface area contributed by atoms with Gasteiger partial charge in [-0.25, -0.2) is 0 Å². The molecule has 1 aromatic carbocycles. The molecule has 0 N–H and O–H groups in total. The molecular formula is C12H16ClNO. The van der Waals surface area contributed by atoms with Crippen molar-refractivity contribution in [2.75, 3.05) is 26.1 Å². The highest BCUT2D eigenvalue weighted by Crippen LogP contribution is 2.26. The van der Waals surface area contributed by atoms with Gasteiger partial charge in [0.05, 0.1) is 6.61 Å². The van der Waals surface area contributed by atoms with Crippen LogP contribution in [0.1, 0.15) is 11.1 Å². The van der Waals surface area contributed by atoms with Crippen LogP contribution in [-0.2, 0) is 13.0 Å². The molecule has 2 rings (SSSR count). The summed E-state index contributed by atoms with van der Waals surface area (Å²) < 4.78 is 5.47. The van der Waals surface area contributed by atoms with E-state index in [0.29, 0.717) is 5.88 Å². The number of benzene rings is 1. The van der Waals surface area contributed by atoms with E-state index in [1.165, 1.54) is 11.1 Å². The van der Waals surface area contributed by atoms with E-state index in [1.807, 2.05) is 0 Å².